The van der Waals surface area contributed by atoms with Crippen molar-refractivity contribution >= 4 is 27.5 Å². The van der Waals surface area contributed by atoms with Crippen LogP contribution in [0.4, 0.5) is 0 Å². The summed E-state index contributed by atoms with van der Waals surface area (Å²) in [4.78, 5) is 11.4. The van der Waals surface area contributed by atoms with Crippen molar-refractivity contribution in [2.75, 3.05) is 13.2 Å². The van der Waals surface area contributed by atoms with Gasteiger partial charge in [0.25, 0.3) is 0 Å². The molecule has 0 aliphatic rings. The number of hydrogen-bond acceptors (Lipinski definition) is 4. The van der Waals surface area contributed by atoms with E-state index < -0.39 is 12.1 Å². The number of rotatable bonds is 6. The Labute approximate surface area is 152 Å². The highest BCUT2D eigenvalue weighted by Gasteiger charge is 2.14. The summed E-state index contributed by atoms with van der Waals surface area (Å²) in [5, 5.41) is 14.2. The predicted octanol–water partition coefficient (Wildman–Crippen LogP) is 4.16. The van der Waals surface area contributed by atoms with E-state index in [1.165, 1.54) is 0 Å². The second-order valence-electron chi connectivity index (χ2n) is 6.50. The number of fused-ring (bicyclic) bond motifs is 2. The van der Waals surface area contributed by atoms with Gasteiger partial charge in [0.2, 0.25) is 0 Å². The molecule has 0 amide bonds. The number of carbonyl (C=O) groups is 1. The fourth-order valence-electron chi connectivity index (χ4n) is 2.81. The van der Waals surface area contributed by atoms with Gasteiger partial charge >= 0.3 is 5.97 Å². The van der Waals surface area contributed by atoms with Gasteiger partial charge in [-0.25, -0.2) is 4.79 Å². The lowest BCUT2D eigenvalue weighted by atomic mass is 10.0. The number of ether oxygens (including phenoxy) is 2. The van der Waals surface area contributed by atoms with Crippen LogP contribution in [0.15, 0.2) is 60.7 Å². The Morgan fingerprint density at radius 2 is 1.81 bits per heavy atom. The lowest BCUT2D eigenvalue weighted by Crippen LogP contribution is -2.25. The standard InChI is InChI=1S/C22H22O4/c1-14(2)22(24)26-13-18(23)12-25-21-19-7-5-4-6-16(19)11-17-9-8-15(3)10-20(17)21/h4-11,18,23H,1,12-13H2,2-3H3. The summed E-state index contributed by atoms with van der Waals surface area (Å²) in [6.45, 7) is 7.01. The molecule has 0 saturated carbocycles. The number of carbonyl (C=O) groups excluding carboxylic acids is 1. The summed E-state index contributed by atoms with van der Waals surface area (Å²) in [5.41, 5.74) is 1.43. The van der Waals surface area contributed by atoms with E-state index >= 15 is 0 Å². The van der Waals surface area contributed by atoms with Gasteiger partial charge in [-0.3, -0.25) is 0 Å². The molecule has 0 aliphatic carbocycles. The largest absolute Gasteiger partial charge is 0.489 e. The topological polar surface area (TPSA) is 55.8 Å². The smallest absolute Gasteiger partial charge is 0.333 e. The summed E-state index contributed by atoms with van der Waals surface area (Å²) in [5.74, 6) is 0.211. The molecule has 3 rings (SSSR count). The molecule has 0 saturated heterocycles. The normalized spacial score (nSPS) is 12.1. The van der Waals surface area contributed by atoms with Gasteiger partial charge in [-0.2, -0.15) is 0 Å². The first-order valence-corrected chi connectivity index (χ1v) is 8.51. The van der Waals surface area contributed by atoms with E-state index in [0.29, 0.717) is 5.57 Å². The molecule has 0 heterocycles. The van der Waals surface area contributed by atoms with Crippen LogP contribution in [0.5, 0.6) is 5.75 Å². The third kappa shape index (κ3) is 3.86. The quantitative estimate of drug-likeness (QED) is 0.412. The summed E-state index contributed by atoms with van der Waals surface area (Å²) >= 11 is 0. The first kappa shape index (κ1) is 18.0. The fraction of sp³-hybridized carbons (Fsp3) is 0.227. The average molecular weight is 350 g/mol. The van der Waals surface area contributed by atoms with E-state index in [1.807, 2.05) is 31.2 Å². The van der Waals surface area contributed by atoms with Crippen LogP contribution in [0.2, 0.25) is 0 Å². The van der Waals surface area contributed by atoms with Crippen LogP contribution < -0.4 is 4.74 Å². The van der Waals surface area contributed by atoms with Crippen LogP contribution in [-0.4, -0.2) is 30.4 Å². The highest BCUT2D eigenvalue weighted by molar-refractivity contribution is 6.05. The molecule has 26 heavy (non-hydrogen) atoms. The van der Waals surface area contributed by atoms with E-state index in [1.54, 1.807) is 6.92 Å². The Bertz CT molecular complexity index is 974. The third-order valence-corrected chi connectivity index (χ3v) is 4.15. The van der Waals surface area contributed by atoms with Crippen molar-refractivity contribution < 1.29 is 19.4 Å². The maximum atomic E-state index is 11.4. The SMILES string of the molecule is C=C(C)C(=O)OCC(O)COc1c2ccccc2cc2ccc(C)cc12. The van der Waals surface area contributed by atoms with E-state index in [9.17, 15) is 9.90 Å². The van der Waals surface area contributed by atoms with Crippen molar-refractivity contribution in [2.45, 2.75) is 20.0 Å². The van der Waals surface area contributed by atoms with Crippen molar-refractivity contribution in [3.8, 4) is 5.75 Å². The van der Waals surface area contributed by atoms with Crippen molar-refractivity contribution in [1.82, 2.24) is 0 Å². The molecule has 0 aromatic heterocycles. The molecule has 134 valence electrons. The van der Waals surface area contributed by atoms with Crippen molar-refractivity contribution in [3.05, 3.63) is 66.2 Å². The Balaban J connectivity index is 1.86. The zero-order chi connectivity index (χ0) is 18.7. The van der Waals surface area contributed by atoms with Gasteiger partial charge in [0.15, 0.2) is 0 Å². The number of aliphatic hydroxyl groups is 1. The van der Waals surface area contributed by atoms with Crippen LogP contribution in [0, 0.1) is 6.92 Å². The van der Waals surface area contributed by atoms with Gasteiger partial charge in [-0.1, -0.05) is 48.5 Å². The number of aliphatic hydroxyl groups excluding tert-OH is 1. The first-order valence-electron chi connectivity index (χ1n) is 8.51. The molecule has 1 N–H and O–H groups in total. The average Bonchev–Trinajstić information content (AvgIpc) is 2.63. The summed E-state index contributed by atoms with van der Waals surface area (Å²) in [6.07, 6.45) is -0.919. The Morgan fingerprint density at radius 1 is 1.08 bits per heavy atom. The van der Waals surface area contributed by atoms with Crippen LogP contribution in [0.3, 0.4) is 0 Å². The summed E-state index contributed by atoms with van der Waals surface area (Å²) < 4.78 is 11.0. The van der Waals surface area contributed by atoms with Crippen molar-refractivity contribution in [2.24, 2.45) is 0 Å². The van der Waals surface area contributed by atoms with E-state index in [2.05, 4.69) is 30.8 Å². The van der Waals surface area contributed by atoms with Crippen LogP contribution in [0.1, 0.15) is 12.5 Å². The summed E-state index contributed by atoms with van der Waals surface area (Å²) in [6, 6.07) is 16.3. The summed E-state index contributed by atoms with van der Waals surface area (Å²) in [7, 11) is 0. The molecule has 0 aliphatic heterocycles. The highest BCUT2D eigenvalue weighted by Crippen LogP contribution is 2.35. The van der Waals surface area contributed by atoms with Gasteiger partial charge in [0.05, 0.1) is 0 Å². The Hall–Kier alpha value is -2.85. The lowest BCUT2D eigenvalue weighted by molar-refractivity contribution is -0.142. The third-order valence-electron chi connectivity index (χ3n) is 4.15. The second-order valence-corrected chi connectivity index (χ2v) is 6.50. The molecule has 0 bridgehead atoms. The van der Waals surface area contributed by atoms with Gasteiger partial charge in [-0.15, -0.1) is 0 Å². The van der Waals surface area contributed by atoms with Crippen molar-refractivity contribution in [3.63, 3.8) is 0 Å². The first-order chi connectivity index (χ1) is 12.5. The molecule has 1 unspecified atom stereocenters. The zero-order valence-corrected chi connectivity index (χ0v) is 15.0. The van der Waals surface area contributed by atoms with E-state index in [-0.39, 0.29) is 13.2 Å². The number of hydrogen-bond donors (Lipinski definition) is 1. The number of aryl methyl sites for hydroxylation is 1. The minimum Gasteiger partial charge on any atom is -0.489 e. The molecule has 1 atom stereocenters. The molecular formula is C22H22O4. The zero-order valence-electron chi connectivity index (χ0n) is 15.0. The Morgan fingerprint density at radius 3 is 2.58 bits per heavy atom. The molecule has 0 fully saturated rings. The molecule has 4 heteroatoms. The minimum absolute atomic E-state index is 0.0283. The minimum atomic E-state index is -0.919. The number of esters is 1. The highest BCUT2D eigenvalue weighted by atomic mass is 16.5. The monoisotopic (exact) mass is 350 g/mol. The maximum absolute atomic E-state index is 11.4. The van der Waals surface area contributed by atoms with Crippen LogP contribution >= 0.6 is 0 Å². The number of benzene rings is 3. The van der Waals surface area contributed by atoms with Gasteiger partial charge in [0, 0.05) is 16.3 Å². The maximum Gasteiger partial charge on any atom is 0.333 e. The molecule has 0 spiro atoms. The van der Waals surface area contributed by atoms with E-state index in [4.69, 9.17) is 9.47 Å². The van der Waals surface area contributed by atoms with Crippen molar-refractivity contribution in [1.29, 1.82) is 0 Å². The van der Waals surface area contributed by atoms with Crippen LogP contribution in [-0.2, 0) is 9.53 Å². The van der Waals surface area contributed by atoms with Gasteiger partial charge in [-0.05, 0) is 36.8 Å². The van der Waals surface area contributed by atoms with Crippen LogP contribution in [0.25, 0.3) is 21.5 Å². The molecule has 4 nitrogen and oxygen atoms in total. The molecular weight excluding hydrogens is 328 g/mol. The van der Waals surface area contributed by atoms with E-state index in [0.717, 1.165) is 32.9 Å². The lowest BCUT2D eigenvalue weighted by Gasteiger charge is -2.16. The fourth-order valence-corrected chi connectivity index (χ4v) is 2.81. The molecule has 3 aromatic carbocycles. The van der Waals surface area contributed by atoms with Gasteiger partial charge < -0.3 is 14.6 Å². The Kier molecular flexibility index (Phi) is 5.24. The second kappa shape index (κ2) is 7.58. The predicted molar refractivity (Wildman–Crippen MR) is 103 cm³/mol. The molecule has 3 aromatic rings. The molecule has 0 radical (unpaired) electrons. The van der Waals surface area contributed by atoms with Gasteiger partial charge in [0.1, 0.15) is 25.1 Å².